The van der Waals surface area contributed by atoms with Crippen molar-refractivity contribution in [1.82, 2.24) is 4.90 Å². The van der Waals surface area contributed by atoms with Gasteiger partial charge in [0.05, 0.1) is 11.4 Å². The SMILES string of the molecule is CCN(C)C(=O)C(C)Nc1cccc(C)c1N. The number of carbonyl (C=O) groups excluding carboxylic acids is 1. The van der Waals surface area contributed by atoms with Crippen molar-refractivity contribution in [2.24, 2.45) is 0 Å². The van der Waals surface area contributed by atoms with E-state index in [1.54, 1.807) is 11.9 Å². The highest BCUT2D eigenvalue weighted by Gasteiger charge is 2.16. The van der Waals surface area contributed by atoms with Crippen LogP contribution in [-0.2, 0) is 4.79 Å². The summed E-state index contributed by atoms with van der Waals surface area (Å²) in [7, 11) is 1.79. The number of para-hydroxylation sites is 1. The molecule has 0 spiro atoms. The molecule has 1 aromatic rings. The molecule has 0 aliphatic heterocycles. The van der Waals surface area contributed by atoms with Crippen molar-refractivity contribution in [1.29, 1.82) is 0 Å². The standard InChI is InChI=1S/C13H21N3O/c1-5-16(4)13(17)10(3)15-11-8-6-7-9(2)12(11)14/h6-8,10,15H,5,14H2,1-4H3. The van der Waals surface area contributed by atoms with Gasteiger partial charge in [-0.05, 0) is 32.4 Å². The van der Waals surface area contributed by atoms with Gasteiger partial charge in [-0.1, -0.05) is 12.1 Å². The van der Waals surface area contributed by atoms with Crippen molar-refractivity contribution in [3.8, 4) is 0 Å². The Hall–Kier alpha value is -1.71. The summed E-state index contributed by atoms with van der Waals surface area (Å²) in [5.41, 5.74) is 8.48. The number of nitrogens with two attached hydrogens (primary N) is 1. The third-order valence-electron chi connectivity index (χ3n) is 2.92. The number of amides is 1. The summed E-state index contributed by atoms with van der Waals surface area (Å²) in [6.45, 7) is 6.45. The quantitative estimate of drug-likeness (QED) is 0.783. The lowest BCUT2D eigenvalue weighted by molar-refractivity contribution is -0.130. The molecule has 0 heterocycles. The summed E-state index contributed by atoms with van der Waals surface area (Å²) >= 11 is 0. The van der Waals surface area contributed by atoms with Crippen molar-refractivity contribution in [3.63, 3.8) is 0 Å². The van der Waals surface area contributed by atoms with Crippen LogP contribution in [0.2, 0.25) is 0 Å². The number of benzene rings is 1. The highest BCUT2D eigenvalue weighted by Crippen LogP contribution is 2.22. The molecule has 1 unspecified atom stereocenters. The van der Waals surface area contributed by atoms with Crippen LogP contribution < -0.4 is 11.1 Å². The Balaban J connectivity index is 2.78. The van der Waals surface area contributed by atoms with E-state index >= 15 is 0 Å². The minimum atomic E-state index is -0.274. The summed E-state index contributed by atoms with van der Waals surface area (Å²) < 4.78 is 0. The molecular formula is C13H21N3O. The number of likely N-dealkylation sites (N-methyl/N-ethyl adjacent to an activating group) is 1. The van der Waals surface area contributed by atoms with Crippen LogP contribution in [0.15, 0.2) is 18.2 Å². The van der Waals surface area contributed by atoms with Crippen molar-refractivity contribution in [2.75, 3.05) is 24.6 Å². The van der Waals surface area contributed by atoms with Gasteiger partial charge in [0.15, 0.2) is 0 Å². The van der Waals surface area contributed by atoms with E-state index < -0.39 is 0 Å². The Bertz CT molecular complexity index is 404. The van der Waals surface area contributed by atoms with Gasteiger partial charge in [-0.25, -0.2) is 0 Å². The zero-order chi connectivity index (χ0) is 13.0. The summed E-state index contributed by atoms with van der Waals surface area (Å²) in [5, 5.41) is 3.15. The summed E-state index contributed by atoms with van der Waals surface area (Å²) in [6, 6.07) is 5.49. The van der Waals surface area contributed by atoms with E-state index in [4.69, 9.17) is 5.73 Å². The molecular weight excluding hydrogens is 214 g/mol. The van der Waals surface area contributed by atoms with Crippen molar-refractivity contribution in [2.45, 2.75) is 26.8 Å². The topological polar surface area (TPSA) is 58.4 Å². The molecule has 0 radical (unpaired) electrons. The predicted molar refractivity (Wildman–Crippen MR) is 72.0 cm³/mol. The Morgan fingerprint density at radius 2 is 2.18 bits per heavy atom. The smallest absolute Gasteiger partial charge is 0.244 e. The van der Waals surface area contributed by atoms with Gasteiger partial charge < -0.3 is 16.0 Å². The van der Waals surface area contributed by atoms with Crippen LogP contribution in [0.5, 0.6) is 0 Å². The van der Waals surface area contributed by atoms with Crippen LogP contribution in [-0.4, -0.2) is 30.4 Å². The van der Waals surface area contributed by atoms with Crippen molar-refractivity contribution in [3.05, 3.63) is 23.8 Å². The number of aryl methyl sites for hydroxylation is 1. The second-order valence-corrected chi connectivity index (χ2v) is 4.25. The van der Waals surface area contributed by atoms with Crippen LogP contribution in [0, 0.1) is 6.92 Å². The van der Waals surface area contributed by atoms with Gasteiger partial charge in [0.2, 0.25) is 5.91 Å². The number of hydrogen-bond donors (Lipinski definition) is 2. The minimum Gasteiger partial charge on any atom is -0.397 e. The molecule has 1 rings (SSSR count). The van der Waals surface area contributed by atoms with E-state index in [2.05, 4.69) is 5.32 Å². The Kier molecular flexibility index (Phi) is 4.37. The van der Waals surface area contributed by atoms with Crippen molar-refractivity contribution < 1.29 is 4.79 Å². The van der Waals surface area contributed by atoms with E-state index in [9.17, 15) is 4.79 Å². The lowest BCUT2D eigenvalue weighted by Gasteiger charge is -2.22. The molecule has 0 aliphatic rings. The van der Waals surface area contributed by atoms with E-state index in [0.29, 0.717) is 12.2 Å². The molecule has 1 amide bonds. The summed E-state index contributed by atoms with van der Waals surface area (Å²) in [5.74, 6) is 0.0633. The number of anilines is 2. The molecule has 1 aromatic carbocycles. The molecule has 0 saturated carbocycles. The lowest BCUT2D eigenvalue weighted by atomic mass is 10.1. The third kappa shape index (κ3) is 3.12. The van der Waals surface area contributed by atoms with Crippen LogP contribution >= 0.6 is 0 Å². The molecule has 3 N–H and O–H groups in total. The number of nitrogen functional groups attached to an aromatic ring is 1. The Morgan fingerprint density at radius 3 is 2.76 bits per heavy atom. The highest BCUT2D eigenvalue weighted by molar-refractivity contribution is 5.85. The fraction of sp³-hybridized carbons (Fsp3) is 0.462. The van der Waals surface area contributed by atoms with Crippen LogP contribution in [0.25, 0.3) is 0 Å². The number of nitrogens with one attached hydrogen (secondary N) is 1. The van der Waals surface area contributed by atoms with Gasteiger partial charge in [0, 0.05) is 13.6 Å². The molecule has 0 saturated heterocycles. The average molecular weight is 235 g/mol. The maximum absolute atomic E-state index is 11.9. The minimum absolute atomic E-state index is 0.0633. The van der Waals surface area contributed by atoms with E-state index in [0.717, 1.165) is 11.3 Å². The first-order chi connectivity index (χ1) is 7.97. The van der Waals surface area contributed by atoms with Gasteiger partial charge in [-0.2, -0.15) is 0 Å². The number of hydrogen-bond acceptors (Lipinski definition) is 3. The predicted octanol–water partition coefficient (Wildman–Crippen LogP) is 1.86. The van der Waals surface area contributed by atoms with E-state index in [-0.39, 0.29) is 11.9 Å². The number of nitrogens with zero attached hydrogens (tertiary/aromatic N) is 1. The zero-order valence-corrected chi connectivity index (χ0v) is 10.9. The Morgan fingerprint density at radius 1 is 1.53 bits per heavy atom. The summed E-state index contributed by atoms with van der Waals surface area (Å²) in [4.78, 5) is 13.6. The maximum atomic E-state index is 11.9. The van der Waals surface area contributed by atoms with Crippen molar-refractivity contribution >= 4 is 17.3 Å². The molecule has 4 heteroatoms. The van der Waals surface area contributed by atoms with Gasteiger partial charge in [-0.15, -0.1) is 0 Å². The lowest BCUT2D eigenvalue weighted by Crippen LogP contribution is -2.38. The molecule has 0 bridgehead atoms. The van der Waals surface area contributed by atoms with E-state index in [1.807, 2.05) is 39.0 Å². The fourth-order valence-corrected chi connectivity index (χ4v) is 1.59. The molecule has 4 nitrogen and oxygen atoms in total. The first-order valence-electron chi connectivity index (χ1n) is 5.84. The molecule has 0 aliphatic carbocycles. The normalized spacial score (nSPS) is 12.0. The van der Waals surface area contributed by atoms with Gasteiger partial charge in [0.25, 0.3) is 0 Å². The van der Waals surface area contributed by atoms with Gasteiger partial charge in [-0.3, -0.25) is 4.79 Å². The van der Waals surface area contributed by atoms with Crippen LogP contribution in [0.3, 0.4) is 0 Å². The van der Waals surface area contributed by atoms with E-state index in [1.165, 1.54) is 0 Å². The zero-order valence-electron chi connectivity index (χ0n) is 10.9. The first kappa shape index (κ1) is 13.4. The largest absolute Gasteiger partial charge is 0.397 e. The molecule has 1 atom stereocenters. The number of carbonyl (C=O) groups is 1. The molecule has 94 valence electrons. The maximum Gasteiger partial charge on any atom is 0.244 e. The second-order valence-electron chi connectivity index (χ2n) is 4.25. The monoisotopic (exact) mass is 235 g/mol. The number of rotatable bonds is 4. The average Bonchev–Trinajstić information content (AvgIpc) is 2.32. The Labute approximate surface area is 103 Å². The molecule has 0 fully saturated rings. The highest BCUT2D eigenvalue weighted by atomic mass is 16.2. The van der Waals surface area contributed by atoms with Crippen LogP contribution in [0.4, 0.5) is 11.4 Å². The summed E-state index contributed by atoms with van der Waals surface area (Å²) in [6.07, 6.45) is 0. The van der Waals surface area contributed by atoms with Gasteiger partial charge >= 0.3 is 0 Å². The first-order valence-corrected chi connectivity index (χ1v) is 5.84. The molecule has 17 heavy (non-hydrogen) atoms. The van der Waals surface area contributed by atoms with Crippen LogP contribution in [0.1, 0.15) is 19.4 Å². The molecule has 0 aromatic heterocycles. The van der Waals surface area contributed by atoms with Gasteiger partial charge in [0.1, 0.15) is 6.04 Å². The third-order valence-corrected chi connectivity index (χ3v) is 2.92. The second kappa shape index (κ2) is 5.57. The fourth-order valence-electron chi connectivity index (χ4n) is 1.59.